The van der Waals surface area contributed by atoms with Crippen molar-refractivity contribution in [3.63, 3.8) is 0 Å². The summed E-state index contributed by atoms with van der Waals surface area (Å²) < 4.78 is 0. The van der Waals surface area contributed by atoms with Gasteiger partial charge in [0.25, 0.3) is 0 Å². The first-order valence-electron chi connectivity index (χ1n) is 24.5. The van der Waals surface area contributed by atoms with Crippen LogP contribution in [0.15, 0.2) is 85.1 Å². The molecule has 1 aliphatic heterocycles. The highest BCUT2D eigenvalue weighted by Crippen LogP contribution is 2.29. The number of unbranched alkanes of at least 4 members (excludes halogenated alkanes) is 1. The number of aromatic nitrogens is 1. The van der Waals surface area contributed by atoms with E-state index in [4.69, 9.17) is 11.5 Å². The van der Waals surface area contributed by atoms with Crippen molar-refractivity contribution in [3.8, 4) is 5.75 Å². The van der Waals surface area contributed by atoms with Gasteiger partial charge in [0.2, 0.25) is 23.6 Å². The first-order valence-corrected chi connectivity index (χ1v) is 27.0. The van der Waals surface area contributed by atoms with Crippen LogP contribution in [0.3, 0.4) is 0 Å². The molecule has 18 heteroatoms. The quantitative estimate of drug-likeness (QED) is 0.0511. The Balaban J connectivity index is 0.00000147. The molecule has 1 aliphatic rings. The van der Waals surface area contributed by atoms with Gasteiger partial charge in [-0.2, -0.15) is 0 Å². The smallest absolute Gasteiger partial charge is 0.225 e. The molecule has 1 aromatic heterocycles. The van der Waals surface area contributed by atoms with Gasteiger partial charge >= 0.3 is 0 Å². The number of hydrogen-bond acceptors (Lipinski definition) is 13. The number of nitrogens with one attached hydrogen (secondary N) is 4. The third kappa shape index (κ3) is 19.0. The number of nitrogens with two attached hydrogens (primary N) is 2. The van der Waals surface area contributed by atoms with Crippen LogP contribution < -0.4 is 27.4 Å². The van der Waals surface area contributed by atoms with E-state index in [-0.39, 0.29) is 61.6 Å². The van der Waals surface area contributed by atoms with E-state index in [1.165, 1.54) is 42.3 Å². The fourth-order valence-electron chi connectivity index (χ4n) is 8.41. The molecule has 0 spiro atoms. The topological polar surface area (TPSA) is 281 Å². The van der Waals surface area contributed by atoms with E-state index in [1.54, 1.807) is 32.2 Å². The summed E-state index contributed by atoms with van der Waals surface area (Å²) in [6.07, 6.45) is 0.530. The lowest BCUT2D eigenvalue weighted by Crippen LogP contribution is -2.50. The number of aromatic hydroxyl groups is 1. The Morgan fingerprint density at radius 2 is 1.38 bits per heavy atom. The van der Waals surface area contributed by atoms with Crippen LogP contribution >= 0.6 is 21.6 Å². The van der Waals surface area contributed by atoms with E-state index >= 15 is 0 Å². The van der Waals surface area contributed by atoms with Gasteiger partial charge in [0, 0.05) is 66.1 Å². The zero-order valence-electron chi connectivity index (χ0n) is 41.9. The Kier molecular flexibility index (Phi) is 24.2. The average Bonchev–Trinajstić information content (AvgIpc) is 3.74. The van der Waals surface area contributed by atoms with Crippen LogP contribution in [-0.2, 0) is 51.2 Å². The summed E-state index contributed by atoms with van der Waals surface area (Å²) in [4.78, 5) is 114. The molecule has 1 unspecified atom stereocenters. The standard InChI is InChI=1S/C47H64N6O10S2.C7H8/c1-26(2)35-21-42(58)38(11-7-8-16-48)51-45(61)30(19-31-23-50-37-10-6-5-9-34(31)37)20-41(57)39(18-29-12-14-33(56)15-13-29)52-46(62)32(17-27(3)54)24-64-65-25-40(53-47(35)63)43(59)22-36(28(4)55)44(49)60;1-7-5-3-2-4-6-7/h5-6,9-10,12-15,23,26,28,30,32,35-36,38-40,50,55-56H,7-8,11,16-22,24-25,48H2,1-4H3,(H2,49,60)(H,51,61)(H,52,62)(H,53,63);2-6H,1H3/t28?,30-,32-,35-,36+,38-,39+,40-;/m0./s1. The minimum Gasteiger partial charge on any atom is -0.508 e. The fraction of sp³-hybridized carbons (Fsp3) is 0.481. The zero-order valence-corrected chi connectivity index (χ0v) is 43.5. The third-order valence-corrected chi connectivity index (χ3v) is 15.3. The molecule has 5 rings (SSSR count). The number of Topliss-reactive ketones (excluding diaryl/α,β-unsaturated/α-hetero) is 4. The molecule has 0 radical (unpaired) electrons. The molecule has 10 N–H and O–H groups in total. The number of aliphatic hydroxyl groups excluding tert-OH is 1. The number of carbonyl (C=O) groups excluding carboxylic acids is 8. The second-order valence-corrected chi connectivity index (χ2v) is 21.6. The SMILES string of the molecule is CC(=O)C[C@H]1CSSC[C@@H](C(=O)C[C@@H](C(N)=O)C(C)O)NC(=O)[C@H](C(C)C)CC(=O)[C@H](CCCCN)NC(=O)[C@@H](Cc2c[nH]c3ccccc23)CC(=O)[C@@H](Cc2ccc(O)cc2)NC1=O.Cc1ccccc1. The number of phenols is 1. The second-order valence-electron chi connectivity index (χ2n) is 19.0. The van der Waals surface area contributed by atoms with Crippen molar-refractivity contribution < 1.29 is 48.6 Å². The predicted molar refractivity (Wildman–Crippen MR) is 282 cm³/mol. The molecule has 0 bridgehead atoms. The van der Waals surface area contributed by atoms with E-state index in [1.807, 2.05) is 42.5 Å². The van der Waals surface area contributed by atoms with E-state index in [9.17, 15) is 48.6 Å². The van der Waals surface area contributed by atoms with Crippen molar-refractivity contribution in [3.05, 3.63) is 102 Å². The predicted octanol–water partition coefficient (Wildman–Crippen LogP) is 5.48. The fourth-order valence-corrected chi connectivity index (χ4v) is 10.9. The maximum Gasteiger partial charge on any atom is 0.225 e. The lowest BCUT2D eigenvalue weighted by molar-refractivity contribution is -0.136. The molecule has 1 saturated heterocycles. The number of amides is 4. The van der Waals surface area contributed by atoms with Crippen molar-refractivity contribution in [2.75, 3.05) is 18.1 Å². The van der Waals surface area contributed by atoms with E-state index < -0.39 is 101 Å². The van der Waals surface area contributed by atoms with Crippen molar-refractivity contribution in [2.24, 2.45) is 41.1 Å². The average molecular weight is 1030 g/mol. The van der Waals surface area contributed by atoms with Gasteiger partial charge in [-0.1, -0.05) is 102 Å². The summed E-state index contributed by atoms with van der Waals surface area (Å²) in [5.74, 6) is -9.01. The molecule has 4 amide bonds. The molecule has 16 nitrogen and oxygen atoms in total. The maximum absolute atomic E-state index is 14.6. The van der Waals surface area contributed by atoms with Gasteiger partial charge in [-0.05, 0) is 94.7 Å². The highest BCUT2D eigenvalue weighted by atomic mass is 33.1. The number of H-pyrrole nitrogens is 1. The number of ketones is 4. The van der Waals surface area contributed by atoms with Crippen molar-refractivity contribution in [1.82, 2.24) is 20.9 Å². The Labute approximate surface area is 430 Å². The number of fused-ring (bicyclic) bond motifs is 1. The van der Waals surface area contributed by atoms with Gasteiger partial charge in [0.1, 0.15) is 11.5 Å². The summed E-state index contributed by atoms with van der Waals surface area (Å²) in [5, 5.41) is 29.6. The minimum atomic E-state index is -1.26. The Hall–Kier alpha value is -5.82. The Morgan fingerprint density at radius 3 is 1.99 bits per heavy atom. The van der Waals surface area contributed by atoms with Crippen LogP contribution in [0.1, 0.15) is 89.3 Å². The molecule has 0 saturated carbocycles. The number of aromatic amines is 1. The van der Waals surface area contributed by atoms with Gasteiger partial charge in [-0.3, -0.25) is 33.6 Å². The van der Waals surface area contributed by atoms with Gasteiger partial charge in [0.05, 0.1) is 36.1 Å². The van der Waals surface area contributed by atoms with E-state index in [0.29, 0.717) is 24.9 Å². The number of hydrogen-bond donors (Lipinski definition) is 8. The third-order valence-electron chi connectivity index (χ3n) is 12.8. The van der Waals surface area contributed by atoms with Crippen LogP contribution in [-0.4, -0.2) is 104 Å². The zero-order chi connectivity index (χ0) is 52.9. The Morgan fingerprint density at radius 1 is 0.750 bits per heavy atom. The van der Waals surface area contributed by atoms with Gasteiger partial charge in [-0.25, -0.2) is 0 Å². The van der Waals surface area contributed by atoms with Gasteiger partial charge in [0.15, 0.2) is 17.3 Å². The summed E-state index contributed by atoms with van der Waals surface area (Å²) >= 11 is 0. The second kappa shape index (κ2) is 29.6. The summed E-state index contributed by atoms with van der Waals surface area (Å²) in [7, 11) is 2.31. The normalized spacial score (nSPS) is 21.9. The number of primary amides is 1. The molecular formula is C54H72N6O10S2. The number of aryl methyl sites for hydroxylation is 1. The molecule has 72 heavy (non-hydrogen) atoms. The highest BCUT2D eigenvalue weighted by Gasteiger charge is 2.36. The first-order chi connectivity index (χ1) is 34.3. The van der Waals surface area contributed by atoms with E-state index in [2.05, 4.69) is 40.0 Å². The molecule has 390 valence electrons. The molecule has 0 aliphatic carbocycles. The molecule has 1 fully saturated rings. The van der Waals surface area contributed by atoms with E-state index in [0.717, 1.165) is 27.3 Å². The van der Waals surface area contributed by atoms with Crippen LogP contribution in [0.5, 0.6) is 5.75 Å². The van der Waals surface area contributed by atoms with Crippen LogP contribution in [0, 0.1) is 36.5 Å². The number of rotatable bonds is 16. The van der Waals surface area contributed by atoms with Crippen molar-refractivity contribution >= 4 is 79.3 Å². The Bertz CT molecular complexity index is 2450. The number of aliphatic hydroxyl groups is 1. The van der Waals surface area contributed by atoms with Crippen LogP contribution in [0.25, 0.3) is 10.9 Å². The summed E-state index contributed by atoms with van der Waals surface area (Å²) in [6.45, 7) is 8.61. The molecule has 2 heterocycles. The number of phenolic OH excluding ortho intramolecular Hbond substituents is 1. The van der Waals surface area contributed by atoms with Crippen molar-refractivity contribution in [1.29, 1.82) is 0 Å². The first kappa shape index (κ1) is 58.7. The van der Waals surface area contributed by atoms with Gasteiger partial charge in [-0.15, -0.1) is 0 Å². The summed E-state index contributed by atoms with van der Waals surface area (Å²) in [5.41, 5.74) is 14.8. The maximum atomic E-state index is 14.6. The minimum absolute atomic E-state index is 0.00000395. The molecule has 8 atom stereocenters. The molecule has 4 aromatic rings. The molecular weight excluding hydrogens is 957 g/mol. The largest absolute Gasteiger partial charge is 0.508 e. The van der Waals surface area contributed by atoms with Crippen LogP contribution in [0.2, 0.25) is 0 Å². The number of carbonyl (C=O) groups is 8. The number of para-hydroxylation sites is 1. The lowest BCUT2D eigenvalue weighted by atomic mass is 9.86. The molecule has 3 aromatic carbocycles. The highest BCUT2D eigenvalue weighted by molar-refractivity contribution is 8.76. The lowest BCUT2D eigenvalue weighted by Gasteiger charge is -2.28. The monoisotopic (exact) mass is 1030 g/mol. The van der Waals surface area contributed by atoms with Gasteiger partial charge < -0.3 is 47.4 Å². The van der Waals surface area contributed by atoms with Crippen LogP contribution in [0.4, 0.5) is 0 Å². The number of benzene rings is 3. The summed E-state index contributed by atoms with van der Waals surface area (Å²) in [6, 6.07) is 20.5. The van der Waals surface area contributed by atoms with Crippen molar-refractivity contribution in [2.45, 2.75) is 117 Å².